The predicted octanol–water partition coefficient (Wildman–Crippen LogP) is 3.55. The topological polar surface area (TPSA) is 89.5 Å². The van der Waals surface area contributed by atoms with Crippen molar-refractivity contribution in [1.29, 1.82) is 0 Å². The van der Waals surface area contributed by atoms with Crippen molar-refractivity contribution in [2.45, 2.75) is 12.8 Å². The number of carbonyl (C=O) groups excluding carboxylic acids is 2. The van der Waals surface area contributed by atoms with Gasteiger partial charge in [-0.15, -0.1) is 0 Å². The Bertz CT molecular complexity index is 1200. The lowest BCUT2D eigenvalue weighted by atomic mass is 9.83. The number of methoxy groups -OCH3 is 6. The summed E-state index contributed by atoms with van der Waals surface area (Å²) >= 11 is 0. The Morgan fingerprint density at radius 3 is 1.19 bits per heavy atom. The van der Waals surface area contributed by atoms with Gasteiger partial charge in [-0.05, 0) is 24.3 Å². The zero-order valence-corrected chi connectivity index (χ0v) is 21.6. The second kappa shape index (κ2) is 11.9. The van der Waals surface area contributed by atoms with E-state index in [1.807, 2.05) is 0 Å². The molecule has 0 saturated heterocycles. The minimum atomic E-state index is -1.60. The highest BCUT2D eigenvalue weighted by Crippen LogP contribution is 2.44. The lowest BCUT2D eigenvalue weighted by molar-refractivity contribution is -0.168. The molecule has 1 aliphatic carbocycles. The van der Waals surface area contributed by atoms with Crippen LogP contribution < -0.4 is 18.9 Å². The molecule has 0 fully saturated rings. The van der Waals surface area contributed by atoms with Crippen LogP contribution in [0.15, 0.2) is 47.5 Å². The first-order valence-electron chi connectivity index (χ1n) is 11.2. The van der Waals surface area contributed by atoms with Gasteiger partial charge in [0.2, 0.25) is 0 Å². The first-order chi connectivity index (χ1) is 17.9. The minimum absolute atomic E-state index is 0.0378. The van der Waals surface area contributed by atoms with Crippen LogP contribution in [0.1, 0.15) is 24.0 Å². The van der Waals surface area contributed by atoms with Gasteiger partial charge in [0.15, 0.2) is 5.41 Å². The number of hydrogen-bond donors (Lipinski definition) is 0. The minimum Gasteiger partial charge on any atom is -0.495 e. The van der Waals surface area contributed by atoms with E-state index in [0.717, 1.165) is 0 Å². The van der Waals surface area contributed by atoms with E-state index < -0.39 is 17.4 Å². The van der Waals surface area contributed by atoms with E-state index in [1.54, 1.807) is 36.4 Å². The van der Waals surface area contributed by atoms with Gasteiger partial charge in [0.1, 0.15) is 34.1 Å². The Morgan fingerprint density at radius 1 is 0.595 bits per heavy atom. The summed E-state index contributed by atoms with van der Waals surface area (Å²) in [5, 5.41) is 0. The number of esters is 2. The lowest BCUT2D eigenvalue weighted by Crippen LogP contribution is -2.39. The molecule has 0 radical (unpaired) electrons. The van der Waals surface area contributed by atoms with Crippen molar-refractivity contribution in [3.8, 4) is 46.7 Å². The van der Waals surface area contributed by atoms with Gasteiger partial charge in [-0.3, -0.25) is 9.59 Å². The molecule has 0 N–H and O–H groups in total. The van der Waals surface area contributed by atoms with Crippen molar-refractivity contribution in [2.75, 3.05) is 42.7 Å². The average Bonchev–Trinajstić information content (AvgIpc) is 3.32. The van der Waals surface area contributed by atoms with Crippen molar-refractivity contribution in [1.82, 2.24) is 0 Å². The van der Waals surface area contributed by atoms with E-state index in [0.29, 0.717) is 45.3 Å². The number of rotatable bonds is 6. The van der Waals surface area contributed by atoms with Crippen LogP contribution in [0.3, 0.4) is 0 Å². The summed E-state index contributed by atoms with van der Waals surface area (Å²) in [6.07, 6.45) is -0.0756. The van der Waals surface area contributed by atoms with Crippen LogP contribution in [-0.4, -0.2) is 54.6 Å². The number of hydrogen-bond acceptors (Lipinski definition) is 8. The van der Waals surface area contributed by atoms with Crippen LogP contribution in [0.2, 0.25) is 0 Å². The van der Waals surface area contributed by atoms with Gasteiger partial charge in [0, 0.05) is 24.0 Å². The maximum Gasteiger partial charge on any atom is 0.323 e. The quantitative estimate of drug-likeness (QED) is 0.335. The average molecular weight is 505 g/mol. The number of ether oxygens (including phenoxy) is 6. The molecule has 0 heterocycles. The van der Waals surface area contributed by atoms with Crippen LogP contribution in [0, 0.1) is 29.1 Å². The molecule has 1 aliphatic rings. The lowest BCUT2D eigenvalue weighted by Gasteiger charge is -2.22. The maximum absolute atomic E-state index is 12.9. The van der Waals surface area contributed by atoms with Crippen molar-refractivity contribution in [3.63, 3.8) is 0 Å². The Kier molecular flexibility index (Phi) is 8.71. The van der Waals surface area contributed by atoms with Gasteiger partial charge < -0.3 is 28.4 Å². The third-order valence-electron chi connectivity index (χ3n) is 6.01. The van der Waals surface area contributed by atoms with Gasteiger partial charge in [0.05, 0.1) is 42.7 Å². The van der Waals surface area contributed by atoms with E-state index in [4.69, 9.17) is 28.4 Å². The molecule has 3 rings (SSSR count). The molecule has 8 heteroatoms. The third kappa shape index (κ3) is 5.34. The Hall–Kier alpha value is -4.56. The van der Waals surface area contributed by atoms with E-state index in [-0.39, 0.29) is 12.8 Å². The van der Waals surface area contributed by atoms with Crippen LogP contribution in [0.25, 0.3) is 0 Å². The Balaban J connectivity index is 2.21. The fourth-order valence-corrected chi connectivity index (χ4v) is 4.11. The van der Waals surface area contributed by atoms with Gasteiger partial charge in [-0.2, -0.15) is 0 Å². The van der Waals surface area contributed by atoms with Crippen LogP contribution in [0.4, 0.5) is 0 Å². The molecule has 2 aromatic rings. The summed E-state index contributed by atoms with van der Waals surface area (Å²) in [7, 11) is 8.58. The fraction of sp³-hybridized carbons (Fsp3) is 0.310. The molecule has 0 saturated carbocycles. The molecule has 0 unspecified atom stereocenters. The van der Waals surface area contributed by atoms with Crippen LogP contribution >= 0.6 is 0 Å². The molecule has 8 nitrogen and oxygen atoms in total. The van der Waals surface area contributed by atoms with E-state index >= 15 is 0 Å². The van der Waals surface area contributed by atoms with Gasteiger partial charge >= 0.3 is 11.9 Å². The molecule has 2 aromatic carbocycles. The van der Waals surface area contributed by atoms with Gasteiger partial charge in [-0.1, -0.05) is 35.8 Å². The standard InChI is InChI=1S/C29H28O8/c1-32-23-9-7-10-24(33-2)21(23)15-13-19-17-29(27(30)36-5,28(31)37-6)18-20(19)14-16-22-25(34-3)11-8-12-26(22)35-4/h7-12H,17-18H2,1-6H3. The fourth-order valence-electron chi connectivity index (χ4n) is 4.11. The molecular formula is C29H28O8. The summed E-state index contributed by atoms with van der Waals surface area (Å²) in [5.41, 5.74) is 0.419. The summed E-state index contributed by atoms with van der Waals surface area (Å²) in [4.78, 5) is 25.7. The highest BCUT2D eigenvalue weighted by Gasteiger charge is 2.53. The van der Waals surface area contributed by atoms with E-state index in [1.165, 1.54) is 42.7 Å². The summed E-state index contributed by atoms with van der Waals surface area (Å²) < 4.78 is 31.7. The van der Waals surface area contributed by atoms with Gasteiger partial charge in [0.25, 0.3) is 0 Å². The monoisotopic (exact) mass is 504 g/mol. The zero-order valence-electron chi connectivity index (χ0n) is 21.6. The van der Waals surface area contributed by atoms with Crippen molar-refractivity contribution >= 4 is 11.9 Å². The molecule has 0 spiro atoms. The molecule has 37 heavy (non-hydrogen) atoms. The van der Waals surface area contributed by atoms with Crippen molar-refractivity contribution in [2.24, 2.45) is 5.41 Å². The van der Waals surface area contributed by atoms with Crippen LogP contribution in [0.5, 0.6) is 23.0 Å². The molecular weight excluding hydrogens is 476 g/mol. The Morgan fingerprint density at radius 2 is 0.919 bits per heavy atom. The second-order valence-corrected chi connectivity index (χ2v) is 7.95. The summed E-state index contributed by atoms with van der Waals surface area (Å²) in [5.74, 6) is 13.0. The summed E-state index contributed by atoms with van der Waals surface area (Å²) in [6.45, 7) is 0. The number of carbonyl (C=O) groups is 2. The zero-order chi connectivity index (χ0) is 27.0. The summed E-state index contributed by atoms with van der Waals surface area (Å²) in [6, 6.07) is 10.6. The van der Waals surface area contributed by atoms with E-state index in [9.17, 15) is 9.59 Å². The number of benzene rings is 2. The SMILES string of the molecule is COC(=O)C1(C(=O)OC)CC(C#Cc2c(OC)cccc2OC)=C(C#Cc2c(OC)cccc2OC)C1. The van der Waals surface area contributed by atoms with Crippen molar-refractivity contribution in [3.05, 3.63) is 58.7 Å². The molecule has 0 bridgehead atoms. The van der Waals surface area contributed by atoms with Crippen LogP contribution in [-0.2, 0) is 19.1 Å². The van der Waals surface area contributed by atoms with Gasteiger partial charge in [-0.25, -0.2) is 0 Å². The number of allylic oxidation sites excluding steroid dienone is 2. The first-order valence-corrected chi connectivity index (χ1v) is 11.2. The molecule has 192 valence electrons. The maximum atomic E-state index is 12.9. The van der Waals surface area contributed by atoms with E-state index in [2.05, 4.69) is 23.7 Å². The highest BCUT2D eigenvalue weighted by atomic mass is 16.5. The Labute approximate surface area is 216 Å². The molecule has 0 amide bonds. The smallest absolute Gasteiger partial charge is 0.323 e. The normalized spacial score (nSPS) is 13.4. The molecule has 0 aromatic heterocycles. The predicted molar refractivity (Wildman–Crippen MR) is 136 cm³/mol. The second-order valence-electron chi connectivity index (χ2n) is 7.95. The first kappa shape index (κ1) is 27.0. The molecule has 0 atom stereocenters. The third-order valence-corrected chi connectivity index (χ3v) is 6.01. The highest BCUT2D eigenvalue weighted by molar-refractivity contribution is 6.02. The largest absolute Gasteiger partial charge is 0.495 e. The van der Waals surface area contributed by atoms with Crippen molar-refractivity contribution < 1.29 is 38.0 Å². The molecule has 0 aliphatic heterocycles.